The Hall–Kier alpha value is -3.09. The predicted octanol–water partition coefficient (Wildman–Crippen LogP) is 3.98. The van der Waals surface area contributed by atoms with Gasteiger partial charge in [0.15, 0.2) is 5.78 Å². The lowest BCUT2D eigenvalue weighted by Crippen LogP contribution is -2.27. The number of aromatic nitrogens is 3. The number of allylic oxidation sites excluding steroid dienone is 2. The minimum absolute atomic E-state index is 0.0435. The summed E-state index contributed by atoms with van der Waals surface area (Å²) in [7, 11) is 0. The van der Waals surface area contributed by atoms with Crippen molar-refractivity contribution in [3.63, 3.8) is 0 Å². The highest BCUT2D eigenvalue weighted by Crippen LogP contribution is 2.45. The molecule has 1 fully saturated rings. The van der Waals surface area contributed by atoms with Crippen molar-refractivity contribution in [3.05, 3.63) is 70.8 Å². The van der Waals surface area contributed by atoms with E-state index < -0.39 is 0 Å². The van der Waals surface area contributed by atoms with E-state index in [4.69, 9.17) is 0 Å². The van der Waals surface area contributed by atoms with Gasteiger partial charge in [-0.05, 0) is 67.2 Å². The SMILES string of the molecule is C=C(C(=O)NCc1cn(Cc2cccc(F)c2)nn1)[C@@H]1CC[C@H](C)[C@@H]2CC(=O)C(C)=C2C1. The first kappa shape index (κ1) is 22.1. The maximum atomic E-state index is 13.4. The third kappa shape index (κ3) is 4.71. The van der Waals surface area contributed by atoms with E-state index in [9.17, 15) is 14.0 Å². The van der Waals surface area contributed by atoms with Crippen molar-refractivity contribution in [3.8, 4) is 0 Å². The normalized spacial score (nSPS) is 23.1. The van der Waals surface area contributed by atoms with Crippen molar-refractivity contribution >= 4 is 11.7 Å². The first-order valence-corrected chi connectivity index (χ1v) is 11.1. The van der Waals surface area contributed by atoms with Crippen LogP contribution < -0.4 is 5.32 Å². The Bertz CT molecular complexity index is 1090. The minimum Gasteiger partial charge on any atom is -0.347 e. The van der Waals surface area contributed by atoms with Crippen molar-refractivity contribution < 1.29 is 14.0 Å². The van der Waals surface area contributed by atoms with Crippen LogP contribution in [0.25, 0.3) is 0 Å². The van der Waals surface area contributed by atoms with Crippen molar-refractivity contribution in [2.75, 3.05) is 0 Å². The molecule has 0 aliphatic heterocycles. The molecule has 1 N–H and O–H groups in total. The Kier molecular flexibility index (Phi) is 6.35. The lowest BCUT2D eigenvalue weighted by Gasteiger charge is -2.19. The molecule has 0 saturated heterocycles. The third-order valence-corrected chi connectivity index (χ3v) is 6.91. The van der Waals surface area contributed by atoms with E-state index in [2.05, 4.69) is 29.1 Å². The Morgan fingerprint density at radius 2 is 2.12 bits per heavy atom. The smallest absolute Gasteiger partial charge is 0.247 e. The van der Waals surface area contributed by atoms with Crippen LogP contribution in [0, 0.1) is 23.6 Å². The second kappa shape index (κ2) is 9.18. The van der Waals surface area contributed by atoms with Crippen molar-refractivity contribution in [2.24, 2.45) is 17.8 Å². The molecule has 2 aliphatic carbocycles. The fourth-order valence-corrected chi connectivity index (χ4v) is 4.90. The molecule has 1 saturated carbocycles. The zero-order valence-electron chi connectivity index (χ0n) is 18.6. The molecular weight excluding hydrogens is 407 g/mol. The van der Waals surface area contributed by atoms with Crippen LogP contribution in [-0.4, -0.2) is 26.7 Å². The third-order valence-electron chi connectivity index (χ3n) is 6.91. The average molecular weight is 437 g/mol. The van der Waals surface area contributed by atoms with E-state index in [1.807, 2.05) is 13.0 Å². The van der Waals surface area contributed by atoms with Gasteiger partial charge in [-0.3, -0.25) is 9.59 Å². The summed E-state index contributed by atoms with van der Waals surface area (Å²) in [5, 5.41) is 11.1. The van der Waals surface area contributed by atoms with Gasteiger partial charge in [-0.1, -0.05) is 36.4 Å². The fourth-order valence-electron chi connectivity index (χ4n) is 4.90. The number of halogens is 1. The van der Waals surface area contributed by atoms with E-state index in [1.165, 1.54) is 17.7 Å². The molecular formula is C25H29FN4O2. The molecule has 2 aromatic rings. The van der Waals surface area contributed by atoms with Crippen LogP contribution in [0.5, 0.6) is 0 Å². The van der Waals surface area contributed by atoms with Crippen LogP contribution in [0.15, 0.2) is 53.8 Å². The fraction of sp³-hybridized carbons (Fsp3) is 0.440. The van der Waals surface area contributed by atoms with E-state index in [-0.39, 0.29) is 30.0 Å². The summed E-state index contributed by atoms with van der Waals surface area (Å²) in [6.45, 7) is 8.86. The van der Waals surface area contributed by atoms with Gasteiger partial charge in [0.1, 0.15) is 11.5 Å². The molecule has 3 atom stereocenters. The van der Waals surface area contributed by atoms with E-state index >= 15 is 0 Å². The molecule has 168 valence electrons. The van der Waals surface area contributed by atoms with Gasteiger partial charge in [0.25, 0.3) is 0 Å². The summed E-state index contributed by atoms with van der Waals surface area (Å²) < 4.78 is 15.0. The van der Waals surface area contributed by atoms with Crippen LogP contribution in [0.2, 0.25) is 0 Å². The molecule has 7 heteroatoms. The second-order valence-electron chi connectivity index (χ2n) is 9.09. The van der Waals surface area contributed by atoms with Gasteiger partial charge in [0.05, 0.1) is 19.3 Å². The zero-order valence-corrected chi connectivity index (χ0v) is 18.6. The van der Waals surface area contributed by atoms with Crippen LogP contribution >= 0.6 is 0 Å². The quantitative estimate of drug-likeness (QED) is 0.695. The van der Waals surface area contributed by atoms with Crippen LogP contribution in [0.3, 0.4) is 0 Å². The highest BCUT2D eigenvalue weighted by atomic mass is 19.1. The van der Waals surface area contributed by atoms with Gasteiger partial charge in [0, 0.05) is 12.0 Å². The Balaban J connectivity index is 1.35. The van der Waals surface area contributed by atoms with Crippen LogP contribution in [0.1, 0.15) is 50.8 Å². The van der Waals surface area contributed by atoms with Crippen LogP contribution in [0.4, 0.5) is 4.39 Å². The number of rotatable bonds is 6. The molecule has 6 nitrogen and oxygen atoms in total. The molecule has 1 aromatic carbocycles. The summed E-state index contributed by atoms with van der Waals surface area (Å²) in [6, 6.07) is 6.34. The van der Waals surface area contributed by atoms with E-state index in [0.29, 0.717) is 36.1 Å². The van der Waals surface area contributed by atoms with Gasteiger partial charge in [-0.15, -0.1) is 5.10 Å². The number of fused-ring (bicyclic) bond motifs is 1. The monoisotopic (exact) mass is 436 g/mol. The van der Waals surface area contributed by atoms with Crippen molar-refractivity contribution in [2.45, 2.75) is 52.6 Å². The van der Waals surface area contributed by atoms with Crippen LogP contribution in [-0.2, 0) is 22.7 Å². The van der Waals surface area contributed by atoms with Gasteiger partial charge < -0.3 is 5.32 Å². The number of nitrogens with one attached hydrogen (secondary N) is 1. The summed E-state index contributed by atoms with van der Waals surface area (Å²) in [6.07, 6.45) is 4.98. The number of carbonyl (C=O) groups is 2. The summed E-state index contributed by atoms with van der Waals surface area (Å²) in [5.41, 5.74) is 4.08. The molecule has 2 aliphatic rings. The maximum Gasteiger partial charge on any atom is 0.247 e. The predicted molar refractivity (Wildman–Crippen MR) is 119 cm³/mol. The summed E-state index contributed by atoms with van der Waals surface area (Å²) in [4.78, 5) is 25.0. The van der Waals surface area contributed by atoms with Gasteiger partial charge >= 0.3 is 0 Å². The van der Waals surface area contributed by atoms with Gasteiger partial charge in [0.2, 0.25) is 5.91 Å². The molecule has 0 radical (unpaired) electrons. The molecule has 1 heterocycles. The maximum absolute atomic E-state index is 13.4. The number of hydrogen-bond donors (Lipinski definition) is 1. The first-order chi connectivity index (χ1) is 15.3. The van der Waals surface area contributed by atoms with E-state index in [1.54, 1.807) is 16.9 Å². The molecule has 1 amide bonds. The first-order valence-electron chi connectivity index (χ1n) is 11.1. The standard InChI is InChI=1S/C25H29FN4O2/c1-15-7-8-19(10-23-17(3)24(31)11-22(15)23)16(2)25(32)27-12-21-14-30(29-28-21)13-18-5-4-6-20(26)9-18/h4-6,9,14-15,19,22H,2,7-8,10-13H2,1,3H3,(H,27,32)/t15-,19+,22-/m0/s1. The second-order valence-corrected chi connectivity index (χ2v) is 9.09. The summed E-state index contributed by atoms with van der Waals surface area (Å²) in [5.74, 6) is 0.567. The zero-order chi connectivity index (χ0) is 22.8. The molecule has 0 unspecified atom stereocenters. The number of benzene rings is 1. The Labute approximate surface area is 187 Å². The number of Topliss-reactive ketones (excluding diaryl/α,β-unsaturated/α-hetero) is 1. The largest absolute Gasteiger partial charge is 0.347 e. The number of hydrogen-bond acceptors (Lipinski definition) is 4. The van der Waals surface area contributed by atoms with Crippen molar-refractivity contribution in [1.29, 1.82) is 0 Å². The average Bonchev–Trinajstić information content (AvgIpc) is 3.28. The number of amides is 1. The molecule has 1 aromatic heterocycles. The molecule has 0 bridgehead atoms. The van der Waals surface area contributed by atoms with E-state index in [0.717, 1.165) is 30.4 Å². The molecule has 32 heavy (non-hydrogen) atoms. The van der Waals surface area contributed by atoms with Gasteiger partial charge in [-0.25, -0.2) is 9.07 Å². The number of ketones is 1. The highest BCUT2D eigenvalue weighted by molar-refractivity contribution is 5.99. The lowest BCUT2D eigenvalue weighted by molar-refractivity contribution is -0.118. The Morgan fingerprint density at radius 3 is 2.91 bits per heavy atom. The summed E-state index contributed by atoms with van der Waals surface area (Å²) >= 11 is 0. The number of nitrogens with zero attached hydrogens (tertiary/aromatic N) is 3. The number of carbonyl (C=O) groups excluding carboxylic acids is 2. The topological polar surface area (TPSA) is 76.9 Å². The molecule has 4 rings (SSSR count). The minimum atomic E-state index is -0.291. The van der Waals surface area contributed by atoms with Gasteiger partial charge in [-0.2, -0.15) is 0 Å². The Morgan fingerprint density at radius 1 is 1.31 bits per heavy atom. The van der Waals surface area contributed by atoms with Crippen molar-refractivity contribution in [1.82, 2.24) is 20.3 Å². The lowest BCUT2D eigenvalue weighted by atomic mass is 9.86. The molecule has 0 spiro atoms. The highest BCUT2D eigenvalue weighted by Gasteiger charge is 2.37.